The fourth-order valence-corrected chi connectivity index (χ4v) is 1.32. The molecular weight excluding hydrogens is 267 g/mol. The van der Waals surface area contributed by atoms with E-state index in [9.17, 15) is 22.8 Å². The van der Waals surface area contributed by atoms with Gasteiger partial charge in [0, 0.05) is 0 Å². The van der Waals surface area contributed by atoms with E-state index < -0.39 is 24.1 Å². The lowest BCUT2D eigenvalue weighted by Gasteiger charge is -2.16. The van der Waals surface area contributed by atoms with E-state index in [1.807, 2.05) is 0 Å². The highest BCUT2D eigenvalue weighted by atomic mass is 19.4. The van der Waals surface area contributed by atoms with E-state index in [4.69, 9.17) is 10.2 Å². The first-order valence-corrected chi connectivity index (χ1v) is 5.06. The molecule has 0 spiro atoms. The second-order valence-electron chi connectivity index (χ2n) is 3.64. The van der Waals surface area contributed by atoms with Crippen LogP contribution in [0.2, 0.25) is 0 Å². The molecule has 0 aliphatic rings. The molecule has 19 heavy (non-hydrogen) atoms. The number of benzene rings is 1. The van der Waals surface area contributed by atoms with Gasteiger partial charge >= 0.3 is 18.1 Å². The summed E-state index contributed by atoms with van der Waals surface area (Å²) >= 11 is 0. The van der Waals surface area contributed by atoms with E-state index in [2.05, 4.69) is 0 Å². The minimum Gasteiger partial charge on any atom is -0.479 e. The summed E-state index contributed by atoms with van der Waals surface area (Å²) in [6.45, 7) is -0.285. The van der Waals surface area contributed by atoms with Crippen molar-refractivity contribution in [2.24, 2.45) is 0 Å². The Morgan fingerprint density at radius 3 is 2.11 bits per heavy atom. The SMILES string of the molecule is O=C(O)C(NC(=O)C(F)(F)F)c1ccc(CO)cc1. The number of amides is 1. The van der Waals surface area contributed by atoms with Crippen molar-refractivity contribution >= 4 is 11.9 Å². The first-order chi connectivity index (χ1) is 8.75. The van der Waals surface area contributed by atoms with Crippen LogP contribution in [0.15, 0.2) is 24.3 Å². The average molecular weight is 277 g/mol. The highest BCUT2D eigenvalue weighted by molar-refractivity contribution is 5.87. The number of aliphatic hydroxyl groups excluding tert-OH is 1. The van der Waals surface area contributed by atoms with Crippen molar-refractivity contribution in [1.82, 2.24) is 5.32 Å². The zero-order chi connectivity index (χ0) is 14.6. The lowest BCUT2D eigenvalue weighted by Crippen LogP contribution is -2.41. The maximum Gasteiger partial charge on any atom is 0.471 e. The summed E-state index contributed by atoms with van der Waals surface area (Å²) in [5.41, 5.74) is 0.442. The third kappa shape index (κ3) is 3.95. The van der Waals surface area contributed by atoms with E-state index in [1.54, 1.807) is 0 Å². The number of alkyl halides is 3. The van der Waals surface area contributed by atoms with Crippen LogP contribution in [0.25, 0.3) is 0 Å². The molecule has 1 rings (SSSR count). The second-order valence-corrected chi connectivity index (χ2v) is 3.64. The first kappa shape index (κ1) is 15.0. The molecule has 0 fully saturated rings. The van der Waals surface area contributed by atoms with Gasteiger partial charge in [-0.1, -0.05) is 24.3 Å². The number of aliphatic carboxylic acids is 1. The Kier molecular flexibility index (Phi) is 4.49. The van der Waals surface area contributed by atoms with Crippen LogP contribution in [0.4, 0.5) is 13.2 Å². The Hall–Kier alpha value is -2.09. The normalized spacial score (nSPS) is 12.8. The summed E-state index contributed by atoms with van der Waals surface area (Å²) < 4.78 is 36.2. The minimum absolute atomic E-state index is 0.0256. The van der Waals surface area contributed by atoms with Crippen molar-refractivity contribution in [3.63, 3.8) is 0 Å². The predicted octanol–water partition coefficient (Wildman–Crippen LogP) is 0.983. The Balaban J connectivity index is 2.94. The maximum absolute atomic E-state index is 12.1. The maximum atomic E-state index is 12.1. The van der Waals surface area contributed by atoms with Gasteiger partial charge in [-0.3, -0.25) is 4.79 Å². The molecule has 0 aliphatic carbocycles. The summed E-state index contributed by atoms with van der Waals surface area (Å²) in [5, 5.41) is 19.0. The van der Waals surface area contributed by atoms with Gasteiger partial charge in [0.25, 0.3) is 0 Å². The Morgan fingerprint density at radius 1 is 1.21 bits per heavy atom. The van der Waals surface area contributed by atoms with Gasteiger partial charge in [0.1, 0.15) is 0 Å². The highest BCUT2D eigenvalue weighted by Gasteiger charge is 2.41. The molecule has 8 heteroatoms. The molecule has 0 radical (unpaired) electrons. The number of carboxylic acid groups (broad SMARTS) is 1. The number of nitrogens with one attached hydrogen (secondary N) is 1. The van der Waals surface area contributed by atoms with Crippen LogP contribution in [0.3, 0.4) is 0 Å². The summed E-state index contributed by atoms with van der Waals surface area (Å²) in [7, 11) is 0. The van der Waals surface area contributed by atoms with Crippen LogP contribution in [-0.2, 0) is 16.2 Å². The van der Waals surface area contributed by atoms with Gasteiger partial charge in [0.2, 0.25) is 0 Å². The van der Waals surface area contributed by atoms with Crippen molar-refractivity contribution < 1.29 is 33.0 Å². The zero-order valence-corrected chi connectivity index (χ0v) is 9.44. The molecule has 3 N–H and O–H groups in total. The Bertz CT molecular complexity index is 470. The number of hydrogen-bond donors (Lipinski definition) is 3. The summed E-state index contributed by atoms with van der Waals surface area (Å²) in [6, 6.07) is 3.35. The Labute approximate surface area is 105 Å². The third-order valence-corrected chi connectivity index (χ3v) is 2.28. The summed E-state index contributed by atoms with van der Waals surface area (Å²) in [6.07, 6.45) is -5.15. The van der Waals surface area contributed by atoms with E-state index >= 15 is 0 Å². The quantitative estimate of drug-likeness (QED) is 0.765. The van der Waals surface area contributed by atoms with E-state index in [0.717, 1.165) is 0 Å². The van der Waals surface area contributed by atoms with Gasteiger partial charge in [-0.05, 0) is 11.1 Å². The molecule has 5 nitrogen and oxygen atoms in total. The molecule has 0 heterocycles. The van der Waals surface area contributed by atoms with Gasteiger partial charge in [-0.15, -0.1) is 0 Å². The monoisotopic (exact) mass is 277 g/mol. The van der Waals surface area contributed by atoms with Crippen molar-refractivity contribution in [1.29, 1.82) is 0 Å². The lowest BCUT2D eigenvalue weighted by atomic mass is 10.0. The molecular formula is C11H10F3NO4. The fourth-order valence-electron chi connectivity index (χ4n) is 1.32. The minimum atomic E-state index is -5.15. The zero-order valence-electron chi connectivity index (χ0n) is 9.44. The molecule has 0 saturated heterocycles. The van der Waals surface area contributed by atoms with Gasteiger partial charge in [-0.25, -0.2) is 4.79 Å². The number of carbonyl (C=O) groups is 2. The summed E-state index contributed by atoms with van der Waals surface area (Å²) in [5.74, 6) is -3.94. The van der Waals surface area contributed by atoms with Gasteiger partial charge in [0.05, 0.1) is 6.61 Å². The Morgan fingerprint density at radius 2 is 1.74 bits per heavy atom. The number of halogens is 3. The number of carbonyl (C=O) groups excluding carboxylic acids is 1. The van der Waals surface area contributed by atoms with E-state index in [0.29, 0.717) is 5.56 Å². The van der Waals surface area contributed by atoms with Crippen LogP contribution >= 0.6 is 0 Å². The van der Waals surface area contributed by atoms with Gasteiger partial charge in [0.15, 0.2) is 6.04 Å². The van der Waals surface area contributed by atoms with Crippen LogP contribution in [0.5, 0.6) is 0 Å². The van der Waals surface area contributed by atoms with Crippen molar-refractivity contribution in [2.45, 2.75) is 18.8 Å². The molecule has 1 amide bonds. The molecule has 0 aromatic heterocycles. The van der Waals surface area contributed by atoms with Crippen molar-refractivity contribution in [2.75, 3.05) is 0 Å². The van der Waals surface area contributed by atoms with Crippen LogP contribution in [-0.4, -0.2) is 28.3 Å². The number of rotatable bonds is 4. The molecule has 0 bridgehead atoms. The molecule has 104 valence electrons. The topological polar surface area (TPSA) is 86.6 Å². The van der Waals surface area contributed by atoms with E-state index in [1.165, 1.54) is 29.6 Å². The molecule has 0 saturated carbocycles. The molecule has 1 unspecified atom stereocenters. The standard InChI is InChI=1S/C11H10F3NO4/c12-11(13,14)10(19)15-8(9(17)18)7-3-1-6(5-16)2-4-7/h1-4,8,16H,5H2,(H,15,19)(H,17,18). The van der Waals surface area contributed by atoms with Gasteiger partial charge < -0.3 is 15.5 Å². The molecule has 1 aromatic carbocycles. The van der Waals surface area contributed by atoms with Crippen molar-refractivity contribution in [3.05, 3.63) is 35.4 Å². The first-order valence-electron chi connectivity index (χ1n) is 5.06. The smallest absolute Gasteiger partial charge is 0.471 e. The lowest BCUT2D eigenvalue weighted by molar-refractivity contribution is -0.175. The van der Waals surface area contributed by atoms with Gasteiger partial charge in [-0.2, -0.15) is 13.2 Å². The predicted molar refractivity (Wildman–Crippen MR) is 56.9 cm³/mol. The third-order valence-electron chi connectivity index (χ3n) is 2.28. The number of aliphatic hydroxyl groups is 1. The molecule has 1 atom stereocenters. The highest BCUT2D eigenvalue weighted by Crippen LogP contribution is 2.19. The average Bonchev–Trinajstić information content (AvgIpc) is 2.34. The van der Waals surface area contributed by atoms with Crippen molar-refractivity contribution in [3.8, 4) is 0 Å². The molecule has 1 aromatic rings. The van der Waals surface area contributed by atoms with Crippen LogP contribution in [0.1, 0.15) is 17.2 Å². The second kappa shape index (κ2) is 5.70. The molecule has 0 aliphatic heterocycles. The number of hydrogen-bond acceptors (Lipinski definition) is 3. The van der Waals surface area contributed by atoms with Crippen LogP contribution < -0.4 is 5.32 Å². The van der Waals surface area contributed by atoms with Crippen LogP contribution in [0, 0.1) is 0 Å². The number of carboxylic acids is 1. The largest absolute Gasteiger partial charge is 0.479 e. The van der Waals surface area contributed by atoms with E-state index in [-0.39, 0.29) is 12.2 Å². The summed E-state index contributed by atoms with van der Waals surface area (Å²) in [4.78, 5) is 21.6. The fraction of sp³-hybridized carbons (Fsp3) is 0.273.